The van der Waals surface area contributed by atoms with Crippen LogP contribution in [0, 0.1) is 0 Å². The van der Waals surface area contributed by atoms with Crippen molar-refractivity contribution in [1.29, 1.82) is 0 Å². The molecule has 1 N–H and O–H groups in total. The van der Waals surface area contributed by atoms with Crippen molar-refractivity contribution in [2.45, 2.75) is 17.7 Å². The van der Waals surface area contributed by atoms with Gasteiger partial charge in [0, 0.05) is 21.8 Å². The minimum atomic E-state index is -0.806. The number of rotatable bonds is 5. The van der Waals surface area contributed by atoms with Gasteiger partial charge in [0.25, 0.3) is 0 Å². The summed E-state index contributed by atoms with van der Waals surface area (Å²) in [5, 5.41) is 8.54. The zero-order chi connectivity index (χ0) is 11.1. The Morgan fingerprint density at radius 2 is 2.00 bits per heavy atom. The Kier molecular flexibility index (Phi) is 5.29. The molecule has 0 heterocycles. The van der Waals surface area contributed by atoms with Crippen molar-refractivity contribution in [2.75, 3.05) is 0 Å². The van der Waals surface area contributed by atoms with Gasteiger partial charge < -0.3 is 5.11 Å². The highest BCUT2D eigenvalue weighted by molar-refractivity contribution is 8.03. The molecule has 0 aromatic heterocycles. The quantitative estimate of drug-likeness (QED) is 0.800. The molecule has 0 aliphatic heterocycles. The van der Waals surface area contributed by atoms with Crippen LogP contribution in [0.15, 0.2) is 45.7 Å². The molecule has 1 rings (SSSR count). The Balaban J connectivity index is 2.52. The van der Waals surface area contributed by atoms with E-state index >= 15 is 0 Å². The Morgan fingerprint density at radius 3 is 2.53 bits per heavy atom. The lowest BCUT2D eigenvalue weighted by atomic mass is 10.3. The van der Waals surface area contributed by atoms with Gasteiger partial charge >= 0.3 is 5.97 Å². The van der Waals surface area contributed by atoms with Crippen LogP contribution in [0.5, 0.6) is 0 Å². The summed E-state index contributed by atoms with van der Waals surface area (Å²) in [6.45, 7) is 0. The van der Waals surface area contributed by atoms with E-state index < -0.39 is 5.97 Å². The maximum Gasteiger partial charge on any atom is 0.303 e. The molecule has 15 heavy (non-hydrogen) atoms. The van der Waals surface area contributed by atoms with E-state index in [2.05, 4.69) is 0 Å². The molecule has 4 heteroatoms. The van der Waals surface area contributed by atoms with Gasteiger partial charge in [-0.2, -0.15) is 0 Å². The summed E-state index contributed by atoms with van der Waals surface area (Å²) in [6.07, 6.45) is 0.580. The highest BCUT2D eigenvalue weighted by Gasteiger charge is 2.03. The largest absolute Gasteiger partial charge is 0.481 e. The number of carboxylic acids is 1. The molecule has 0 saturated carbocycles. The van der Waals surface area contributed by atoms with Crippen molar-refractivity contribution in [3.8, 4) is 0 Å². The maximum absolute atomic E-state index is 10.4. The first-order chi connectivity index (χ1) is 7.22. The number of hydrogen-bond donors (Lipinski definition) is 1. The van der Waals surface area contributed by atoms with Gasteiger partial charge in [-0.25, -0.2) is 0 Å². The second kappa shape index (κ2) is 6.53. The molecule has 80 valence electrons. The predicted molar refractivity (Wildman–Crippen MR) is 63.1 cm³/mol. The van der Waals surface area contributed by atoms with Crippen LogP contribution < -0.4 is 0 Å². The van der Waals surface area contributed by atoms with Gasteiger partial charge in [-0.05, 0) is 18.6 Å². The highest BCUT2D eigenvalue weighted by atomic mass is 35.5. The third-order valence-corrected chi connectivity index (χ3v) is 3.18. The molecular formula is C11H11ClO2S. The molecule has 0 saturated heterocycles. The zero-order valence-corrected chi connectivity index (χ0v) is 9.59. The lowest BCUT2D eigenvalue weighted by Crippen LogP contribution is -1.93. The number of carboxylic acid groups (broad SMARTS) is 1. The number of benzene rings is 1. The summed E-state index contributed by atoms with van der Waals surface area (Å²) in [7, 11) is 0. The van der Waals surface area contributed by atoms with Crippen molar-refractivity contribution >= 4 is 29.3 Å². The third-order valence-electron chi connectivity index (χ3n) is 1.70. The second-order valence-electron chi connectivity index (χ2n) is 2.88. The summed E-state index contributed by atoms with van der Waals surface area (Å²) >= 11 is 7.12. The topological polar surface area (TPSA) is 37.3 Å². The number of thioether (sulfide) groups is 1. The van der Waals surface area contributed by atoms with Crippen molar-refractivity contribution in [3.63, 3.8) is 0 Å². The number of hydrogen-bond acceptors (Lipinski definition) is 2. The fourth-order valence-corrected chi connectivity index (χ4v) is 2.09. The molecule has 0 aliphatic carbocycles. The van der Waals surface area contributed by atoms with Crippen LogP contribution in [-0.4, -0.2) is 11.1 Å². The monoisotopic (exact) mass is 242 g/mol. The van der Waals surface area contributed by atoms with Gasteiger partial charge in [-0.3, -0.25) is 4.79 Å². The molecule has 1 aromatic rings. The van der Waals surface area contributed by atoms with Crippen LogP contribution in [0.1, 0.15) is 12.8 Å². The minimum absolute atomic E-state index is 0.110. The fraction of sp³-hybridized carbons (Fsp3) is 0.182. The Labute approximate surface area is 97.9 Å². The summed E-state index contributed by atoms with van der Waals surface area (Å²) in [6, 6.07) is 9.74. The standard InChI is InChI=1S/C11H11ClO2S/c12-8-10(6-7-11(13)14)15-9-4-2-1-3-5-9/h1-5,8H,6-7H2,(H,13,14)/b10-8+. The van der Waals surface area contributed by atoms with E-state index in [1.165, 1.54) is 17.3 Å². The van der Waals surface area contributed by atoms with Crippen LogP contribution in [0.25, 0.3) is 0 Å². The first kappa shape index (κ1) is 12.1. The predicted octanol–water partition coefficient (Wildman–Crippen LogP) is 3.72. The van der Waals surface area contributed by atoms with E-state index in [1.54, 1.807) is 0 Å². The Bertz CT molecular complexity index is 349. The molecule has 0 fully saturated rings. The van der Waals surface area contributed by atoms with Crippen molar-refractivity contribution in [1.82, 2.24) is 0 Å². The molecular weight excluding hydrogens is 232 g/mol. The van der Waals surface area contributed by atoms with E-state index in [9.17, 15) is 4.79 Å². The number of aliphatic carboxylic acids is 1. The van der Waals surface area contributed by atoms with Gasteiger partial charge in [0.2, 0.25) is 0 Å². The molecule has 0 aliphatic rings. The lowest BCUT2D eigenvalue weighted by molar-refractivity contribution is -0.136. The first-order valence-electron chi connectivity index (χ1n) is 4.46. The van der Waals surface area contributed by atoms with E-state index in [1.807, 2.05) is 30.3 Å². The highest BCUT2D eigenvalue weighted by Crippen LogP contribution is 2.29. The molecule has 0 bridgehead atoms. The molecule has 0 spiro atoms. The molecule has 1 aromatic carbocycles. The van der Waals surface area contributed by atoms with Crippen molar-refractivity contribution in [3.05, 3.63) is 40.8 Å². The average Bonchev–Trinajstić information content (AvgIpc) is 2.25. The normalized spacial score (nSPS) is 11.4. The maximum atomic E-state index is 10.4. The van der Waals surface area contributed by atoms with E-state index in [0.29, 0.717) is 6.42 Å². The summed E-state index contributed by atoms with van der Waals surface area (Å²) in [5.74, 6) is -0.806. The van der Waals surface area contributed by atoms with Crippen LogP contribution in [-0.2, 0) is 4.79 Å². The zero-order valence-electron chi connectivity index (χ0n) is 8.02. The summed E-state index contributed by atoms with van der Waals surface area (Å²) < 4.78 is 0. The smallest absolute Gasteiger partial charge is 0.303 e. The first-order valence-corrected chi connectivity index (χ1v) is 5.71. The third kappa shape index (κ3) is 4.91. The van der Waals surface area contributed by atoms with Crippen LogP contribution >= 0.6 is 23.4 Å². The number of halogens is 1. The summed E-state index contributed by atoms with van der Waals surface area (Å²) in [4.78, 5) is 12.3. The SMILES string of the molecule is O=C(O)CC/C(=C\Cl)Sc1ccccc1. The van der Waals surface area contributed by atoms with E-state index in [4.69, 9.17) is 16.7 Å². The lowest BCUT2D eigenvalue weighted by Gasteiger charge is -2.03. The number of allylic oxidation sites excluding steroid dienone is 1. The van der Waals surface area contributed by atoms with Crippen LogP contribution in [0.2, 0.25) is 0 Å². The van der Waals surface area contributed by atoms with E-state index in [-0.39, 0.29) is 6.42 Å². The van der Waals surface area contributed by atoms with Crippen LogP contribution in [0.3, 0.4) is 0 Å². The van der Waals surface area contributed by atoms with Crippen molar-refractivity contribution < 1.29 is 9.90 Å². The summed E-state index contributed by atoms with van der Waals surface area (Å²) in [5.41, 5.74) is 1.45. The average molecular weight is 243 g/mol. The van der Waals surface area contributed by atoms with Gasteiger partial charge in [0.15, 0.2) is 0 Å². The Hall–Kier alpha value is -0.930. The number of carbonyl (C=O) groups is 1. The van der Waals surface area contributed by atoms with E-state index in [0.717, 1.165) is 9.80 Å². The second-order valence-corrected chi connectivity index (χ2v) is 4.30. The molecule has 0 atom stereocenters. The Morgan fingerprint density at radius 1 is 1.33 bits per heavy atom. The molecule has 0 unspecified atom stereocenters. The van der Waals surface area contributed by atoms with Gasteiger partial charge in [0.1, 0.15) is 0 Å². The van der Waals surface area contributed by atoms with Gasteiger partial charge in [-0.15, -0.1) is 0 Å². The molecule has 2 nitrogen and oxygen atoms in total. The molecule has 0 amide bonds. The van der Waals surface area contributed by atoms with Gasteiger partial charge in [0.05, 0.1) is 0 Å². The minimum Gasteiger partial charge on any atom is -0.481 e. The van der Waals surface area contributed by atoms with Crippen LogP contribution in [0.4, 0.5) is 0 Å². The molecule has 0 radical (unpaired) electrons. The fourth-order valence-electron chi connectivity index (χ4n) is 0.998. The van der Waals surface area contributed by atoms with Gasteiger partial charge in [-0.1, -0.05) is 41.6 Å². The van der Waals surface area contributed by atoms with Crippen molar-refractivity contribution in [2.24, 2.45) is 0 Å².